The molecule has 0 fully saturated rings. The van der Waals surface area contributed by atoms with E-state index in [-0.39, 0.29) is 22.4 Å². The molecule has 0 radical (unpaired) electrons. The van der Waals surface area contributed by atoms with Crippen molar-refractivity contribution < 1.29 is 17.9 Å². The first kappa shape index (κ1) is 17.3. The van der Waals surface area contributed by atoms with Crippen LogP contribution >= 0.6 is 23.4 Å². The summed E-state index contributed by atoms with van der Waals surface area (Å²) in [4.78, 5) is 10.9. The maximum atomic E-state index is 12.0. The molecule has 0 unspecified atom stereocenters. The highest BCUT2D eigenvalue weighted by molar-refractivity contribution is 7.99. The van der Waals surface area contributed by atoms with Crippen LogP contribution in [0, 0.1) is 0 Å². The smallest absolute Gasteiger partial charge is 0.306 e. The van der Waals surface area contributed by atoms with E-state index >= 15 is 0 Å². The zero-order chi connectivity index (χ0) is 15.0. The molecular weight excluding hydrogens is 322 g/mol. The van der Waals surface area contributed by atoms with Crippen LogP contribution in [-0.4, -0.2) is 39.5 Å². The van der Waals surface area contributed by atoms with Gasteiger partial charge in [-0.25, -0.2) is 13.1 Å². The normalized spacial score (nSPS) is 11.3. The molecule has 0 aliphatic carbocycles. The van der Waals surface area contributed by atoms with Gasteiger partial charge in [-0.15, -0.1) is 0 Å². The third kappa shape index (κ3) is 5.70. The second-order valence-electron chi connectivity index (χ2n) is 3.77. The summed E-state index contributed by atoms with van der Waals surface area (Å²) in [6.45, 7) is 0.277. The van der Waals surface area contributed by atoms with E-state index < -0.39 is 10.0 Å². The second kappa shape index (κ2) is 8.51. The summed E-state index contributed by atoms with van der Waals surface area (Å²) in [6.07, 6.45) is 0.318. The van der Waals surface area contributed by atoms with Crippen molar-refractivity contribution in [3.8, 4) is 0 Å². The van der Waals surface area contributed by atoms with Crippen LogP contribution in [0.25, 0.3) is 0 Å². The Bertz CT molecular complexity index is 548. The molecule has 0 amide bonds. The fraction of sp³-hybridized carbons (Fsp3) is 0.417. The van der Waals surface area contributed by atoms with E-state index in [0.29, 0.717) is 17.9 Å². The Kier molecular flexibility index (Phi) is 7.36. The van der Waals surface area contributed by atoms with Crippen molar-refractivity contribution in [2.45, 2.75) is 11.3 Å². The number of rotatable bonds is 8. The van der Waals surface area contributed by atoms with Gasteiger partial charge in [0.15, 0.2) is 0 Å². The number of thioether (sulfide) groups is 1. The van der Waals surface area contributed by atoms with Gasteiger partial charge in [0.25, 0.3) is 0 Å². The van der Waals surface area contributed by atoms with Crippen molar-refractivity contribution in [2.75, 3.05) is 25.2 Å². The zero-order valence-electron chi connectivity index (χ0n) is 11.0. The van der Waals surface area contributed by atoms with Crippen molar-refractivity contribution in [3.05, 3.63) is 29.3 Å². The highest BCUT2D eigenvalue weighted by Crippen LogP contribution is 2.19. The van der Waals surface area contributed by atoms with E-state index in [4.69, 9.17) is 11.6 Å². The van der Waals surface area contributed by atoms with Gasteiger partial charge in [0.05, 0.1) is 18.6 Å². The molecule has 1 aromatic carbocycles. The summed E-state index contributed by atoms with van der Waals surface area (Å²) in [5.41, 5.74) is 0. The number of sulfonamides is 1. The molecule has 0 spiro atoms. The predicted octanol–water partition coefficient (Wildman–Crippen LogP) is 1.91. The first-order valence-electron chi connectivity index (χ1n) is 5.86. The molecule has 1 N–H and O–H groups in total. The topological polar surface area (TPSA) is 72.5 Å². The van der Waals surface area contributed by atoms with Crippen molar-refractivity contribution >= 4 is 39.4 Å². The lowest BCUT2D eigenvalue weighted by molar-refractivity contribution is -0.140. The quantitative estimate of drug-likeness (QED) is 0.579. The van der Waals surface area contributed by atoms with Gasteiger partial charge < -0.3 is 4.74 Å². The lowest BCUT2D eigenvalue weighted by Crippen LogP contribution is -2.26. The minimum atomic E-state index is -3.59. The van der Waals surface area contributed by atoms with Crippen LogP contribution in [-0.2, 0) is 19.6 Å². The number of nitrogens with one attached hydrogen (secondary N) is 1. The van der Waals surface area contributed by atoms with Crippen LogP contribution in [0.1, 0.15) is 6.42 Å². The van der Waals surface area contributed by atoms with E-state index in [1.165, 1.54) is 31.0 Å². The van der Waals surface area contributed by atoms with Gasteiger partial charge in [-0.1, -0.05) is 23.7 Å². The monoisotopic (exact) mass is 337 g/mol. The molecule has 5 nitrogen and oxygen atoms in total. The zero-order valence-corrected chi connectivity index (χ0v) is 13.4. The second-order valence-corrected chi connectivity index (χ2v) is 7.13. The van der Waals surface area contributed by atoms with Gasteiger partial charge in [0, 0.05) is 18.1 Å². The molecule has 1 rings (SSSR count). The standard InChI is InChI=1S/C12H16ClNO4S2/c1-18-12(15)6-8-19-9-7-14-20(16,17)11-5-3-2-4-10(11)13/h2-5,14H,6-9H2,1H3. The van der Waals surface area contributed by atoms with Gasteiger partial charge in [-0.2, -0.15) is 11.8 Å². The molecule has 112 valence electrons. The first-order valence-corrected chi connectivity index (χ1v) is 8.87. The molecule has 0 aromatic heterocycles. The Labute approximate surface area is 128 Å². The number of hydrogen-bond acceptors (Lipinski definition) is 5. The van der Waals surface area contributed by atoms with Gasteiger partial charge in [0.1, 0.15) is 4.90 Å². The first-order chi connectivity index (χ1) is 9.47. The molecule has 0 bridgehead atoms. The van der Waals surface area contributed by atoms with E-state index in [2.05, 4.69) is 9.46 Å². The Balaban J connectivity index is 2.35. The van der Waals surface area contributed by atoms with Gasteiger partial charge >= 0.3 is 5.97 Å². The number of esters is 1. The number of hydrogen-bond donors (Lipinski definition) is 1. The van der Waals surface area contributed by atoms with E-state index in [0.717, 1.165) is 0 Å². The highest BCUT2D eigenvalue weighted by Gasteiger charge is 2.16. The Hall–Kier alpha value is -0.760. The summed E-state index contributed by atoms with van der Waals surface area (Å²) in [5, 5.41) is 0.193. The van der Waals surface area contributed by atoms with E-state index in [1.54, 1.807) is 12.1 Å². The van der Waals surface area contributed by atoms with E-state index in [9.17, 15) is 13.2 Å². The average molecular weight is 338 g/mol. The van der Waals surface area contributed by atoms with Crippen molar-refractivity contribution in [1.82, 2.24) is 4.72 Å². The molecule has 20 heavy (non-hydrogen) atoms. The summed E-state index contributed by atoms with van der Waals surface area (Å²) < 4.78 is 30.9. The minimum absolute atomic E-state index is 0.0706. The molecule has 0 aliphatic heterocycles. The molecule has 0 aliphatic rings. The van der Waals surface area contributed by atoms with Gasteiger partial charge in [-0.3, -0.25) is 4.79 Å². The van der Waals surface area contributed by atoms with Crippen LogP contribution in [0.2, 0.25) is 5.02 Å². The Morgan fingerprint density at radius 2 is 2.05 bits per heavy atom. The predicted molar refractivity (Wildman–Crippen MR) is 80.6 cm³/mol. The van der Waals surface area contributed by atoms with E-state index in [1.807, 2.05) is 0 Å². The molecule has 0 saturated heterocycles. The van der Waals surface area contributed by atoms with Crippen molar-refractivity contribution in [1.29, 1.82) is 0 Å². The third-order valence-corrected chi connectivity index (χ3v) is 5.29. The maximum Gasteiger partial charge on any atom is 0.306 e. The summed E-state index contributed by atoms with van der Waals surface area (Å²) in [7, 11) is -2.25. The summed E-state index contributed by atoms with van der Waals surface area (Å²) in [5.74, 6) is 0.899. The lowest BCUT2D eigenvalue weighted by Gasteiger charge is -2.07. The third-order valence-electron chi connectivity index (χ3n) is 2.34. The molecule has 0 heterocycles. The largest absolute Gasteiger partial charge is 0.469 e. The number of carbonyl (C=O) groups excluding carboxylic acids is 1. The number of ether oxygens (including phenoxy) is 1. The van der Waals surface area contributed by atoms with Crippen molar-refractivity contribution in [3.63, 3.8) is 0 Å². The average Bonchev–Trinajstić information content (AvgIpc) is 2.42. The molecule has 0 saturated carbocycles. The summed E-state index contributed by atoms with van der Waals surface area (Å²) in [6, 6.07) is 6.27. The fourth-order valence-electron chi connectivity index (χ4n) is 1.35. The van der Waals surface area contributed by atoms with Gasteiger partial charge in [0.2, 0.25) is 10.0 Å². The Morgan fingerprint density at radius 3 is 2.70 bits per heavy atom. The number of benzene rings is 1. The molecule has 0 atom stereocenters. The number of carbonyl (C=O) groups is 1. The molecule has 1 aromatic rings. The SMILES string of the molecule is COC(=O)CCSCCNS(=O)(=O)c1ccccc1Cl. The lowest BCUT2D eigenvalue weighted by atomic mass is 10.4. The molecule has 8 heteroatoms. The van der Waals surface area contributed by atoms with Crippen LogP contribution in [0.5, 0.6) is 0 Å². The highest BCUT2D eigenvalue weighted by atomic mass is 35.5. The van der Waals surface area contributed by atoms with Crippen LogP contribution < -0.4 is 4.72 Å². The van der Waals surface area contributed by atoms with Crippen LogP contribution in [0.3, 0.4) is 0 Å². The van der Waals surface area contributed by atoms with Crippen LogP contribution in [0.15, 0.2) is 29.2 Å². The number of halogens is 1. The fourth-order valence-corrected chi connectivity index (χ4v) is 3.79. The van der Waals surface area contributed by atoms with Gasteiger partial charge in [-0.05, 0) is 12.1 Å². The minimum Gasteiger partial charge on any atom is -0.469 e. The van der Waals surface area contributed by atoms with Crippen molar-refractivity contribution in [2.24, 2.45) is 0 Å². The number of methoxy groups -OCH3 is 1. The Morgan fingerprint density at radius 1 is 1.35 bits per heavy atom. The maximum absolute atomic E-state index is 12.0. The summed E-state index contributed by atoms with van der Waals surface area (Å²) >= 11 is 7.32. The molecular formula is C12H16ClNO4S2. The van der Waals surface area contributed by atoms with Crippen LogP contribution in [0.4, 0.5) is 0 Å².